The van der Waals surface area contributed by atoms with Gasteiger partial charge in [-0.15, -0.1) is 0 Å². The second-order valence-electron chi connectivity index (χ2n) is 6.33. The van der Waals surface area contributed by atoms with E-state index in [1.807, 2.05) is 0 Å². The normalized spacial score (nSPS) is 33.6. The Bertz CT molecular complexity index is 315. The fourth-order valence-corrected chi connectivity index (χ4v) is 3.10. The van der Waals surface area contributed by atoms with E-state index in [1.54, 1.807) is 0 Å². The molecule has 1 heterocycles. The van der Waals surface area contributed by atoms with E-state index < -0.39 is 0 Å². The van der Waals surface area contributed by atoms with Crippen molar-refractivity contribution >= 4 is 5.84 Å². The summed E-state index contributed by atoms with van der Waals surface area (Å²) in [6.45, 7) is 7.90. The Hall–Kier alpha value is -0.810. The molecule has 2 aliphatic rings. The maximum Gasteiger partial charge on any atom is 0.139 e. The SMILES string of the molecule is CC1CN(CC2(CC(N)=NO)CC2)CC(C)N1C. The quantitative estimate of drug-likeness (QED) is 0.339. The average molecular weight is 254 g/mol. The van der Waals surface area contributed by atoms with Gasteiger partial charge in [-0.1, -0.05) is 5.16 Å². The molecule has 1 aliphatic heterocycles. The van der Waals surface area contributed by atoms with Gasteiger partial charge in [-0.3, -0.25) is 9.80 Å². The molecule has 0 bridgehead atoms. The molecular formula is C13H26N4O. The Labute approximate surface area is 110 Å². The van der Waals surface area contributed by atoms with Crippen molar-refractivity contribution in [1.82, 2.24) is 9.80 Å². The second kappa shape index (κ2) is 5.05. The molecule has 0 aromatic carbocycles. The van der Waals surface area contributed by atoms with Crippen LogP contribution in [0.1, 0.15) is 33.1 Å². The first-order valence-corrected chi connectivity index (χ1v) is 6.86. The van der Waals surface area contributed by atoms with Gasteiger partial charge in [-0.25, -0.2) is 0 Å². The Morgan fingerprint density at radius 1 is 1.33 bits per heavy atom. The molecule has 1 saturated carbocycles. The highest BCUT2D eigenvalue weighted by Crippen LogP contribution is 2.49. The molecule has 0 aromatic rings. The highest BCUT2D eigenvalue weighted by atomic mass is 16.4. The minimum absolute atomic E-state index is 0.283. The number of hydrogen-bond acceptors (Lipinski definition) is 4. The summed E-state index contributed by atoms with van der Waals surface area (Å²) in [6.07, 6.45) is 3.15. The summed E-state index contributed by atoms with van der Waals surface area (Å²) in [6, 6.07) is 1.21. The number of rotatable bonds is 4. The van der Waals surface area contributed by atoms with Gasteiger partial charge < -0.3 is 10.9 Å². The van der Waals surface area contributed by atoms with Gasteiger partial charge in [-0.05, 0) is 39.2 Å². The van der Waals surface area contributed by atoms with Crippen LogP contribution in [0.25, 0.3) is 0 Å². The van der Waals surface area contributed by atoms with Gasteiger partial charge in [0.15, 0.2) is 0 Å². The van der Waals surface area contributed by atoms with Crippen molar-refractivity contribution in [1.29, 1.82) is 0 Å². The number of hydrogen-bond donors (Lipinski definition) is 2. The summed E-state index contributed by atoms with van der Waals surface area (Å²) in [4.78, 5) is 4.99. The molecule has 0 radical (unpaired) electrons. The number of nitrogens with two attached hydrogens (primary N) is 1. The van der Waals surface area contributed by atoms with Crippen LogP contribution in [0.3, 0.4) is 0 Å². The zero-order valence-electron chi connectivity index (χ0n) is 11.8. The first-order valence-electron chi connectivity index (χ1n) is 6.86. The molecule has 1 saturated heterocycles. The summed E-state index contributed by atoms with van der Waals surface area (Å²) in [5.41, 5.74) is 5.94. The molecule has 5 nitrogen and oxygen atoms in total. The first-order chi connectivity index (χ1) is 8.46. The van der Waals surface area contributed by atoms with Gasteiger partial charge in [0.25, 0.3) is 0 Å². The van der Waals surface area contributed by atoms with Crippen LogP contribution in [0.15, 0.2) is 5.16 Å². The van der Waals surface area contributed by atoms with Crippen molar-refractivity contribution in [2.75, 3.05) is 26.7 Å². The van der Waals surface area contributed by atoms with E-state index in [9.17, 15) is 0 Å². The lowest BCUT2D eigenvalue weighted by Gasteiger charge is -2.43. The number of likely N-dealkylation sites (N-methyl/N-ethyl adjacent to an activating group) is 1. The Balaban J connectivity index is 1.90. The zero-order valence-corrected chi connectivity index (χ0v) is 11.8. The van der Waals surface area contributed by atoms with Crippen LogP contribution in [0.4, 0.5) is 0 Å². The van der Waals surface area contributed by atoms with E-state index >= 15 is 0 Å². The van der Waals surface area contributed by atoms with E-state index in [4.69, 9.17) is 10.9 Å². The van der Waals surface area contributed by atoms with E-state index in [2.05, 4.69) is 35.9 Å². The summed E-state index contributed by atoms with van der Waals surface area (Å²) in [5.74, 6) is 0.378. The molecule has 3 N–H and O–H groups in total. The molecular weight excluding hydrogens is 228 g/mol. The highest BCUT2D eigenvalue weighted by Gasteiger charge is 2.45. The Morgan fingerprint density at radius 3 is 2.33 bits per heavy atom. The van der Waals surface area contributed by atoms with Crippen molar-refractivity contribution in [3.8, 4) is 0 Å². The van der Waals surface area contributed by atoms with Crippen LogP contribution in [0.5, 0.6) is 0 Å². The molecule has 2 unspecified atom stereocenters. The third kappa shape index (κ3) is 2.95. The Morgan fingerprint density at radius 2 is 1.89 bits per heavy atom. The van der Waals surface area contributed by atoms with Gasteiger partial charge >= 0.3 is 0 Å². The van der Waals surface area contributed by atoms with E-state index in [-0.39, 0.29) is 5.41 Å². The largest absolute Gasteiger partial charge is 0.409 e. The van der Waals surface area contributed by atoms with Crippen LogP contribution in [-0.4, -0.2) is 59.6 Å². The molecule has 18 heavy (non-hydrogen) atoms. The van der Waals surface area contributed by atoms with Crippen molar-refractivity contribution in [3.63, 3.8) is 0 Å². The maximum atomic E-state index is 8.69. The maximum absolute atomic E-state index is 8.69. The average Bonchev–Trinajstić information content (AvgIpc) is 3.05. The number of oxime groups is 1. The van der Waals surface area contributed by atoms with Crippen LogP contribution in [-0.2, 0) is 0 Å². The molecule has 0 amide bonds. The predicted octanol–water partition coefficient (Wildman–Crippen LogP) is 0.928. The number of piperazine rings is 1. The topological polar surface area (TPSA) is 65.1 Å². The van der Waals surface area contributed by atoms with E-state index in [0.717, 1.165) is 26.1 Å². The summed E-state index contributed by atoms with van der Waals surface area (Å²) in [7, 11) is 2.20. The predicted molar refractivity (Wildman–Crippen MR) is 72.8 cm³/mol. The van der Waals surface area contributed by atoms with Gasteiger partial charge in [0.2, 0.25) is 0 Å². The minimum atomic E-state index is 0.283. The monoisotopic (exact) mass is 254 g/mol. The summed E-state index contributed by atoms with van der Waals surface area (Å²) < 4.78 is 0. The van der Waals surface area contributed by atoms with Crippen molar-refractivity contribution in [2.24, 2.45) is 16.3 Å². The number of amidine groups is 1. The lowest BCUT2D eigenvalue weighted by atomic mass is 9.99. The molecule has 2 rings (SSSR count). The van der Waals surface area contributed by atoms with Gasteiger partial charge in [-0.2, -0.15) is 0 Å². The van der Waals surface area contributed by atoms with E-state index in [1.165, 1.54) is 12.8 Å². The molecule has 1 aliphatic carbocycles. The van der Waals surface area contributed by atoms with Crippen molar-refractivity contribution < 1.29 is 5.21 Å². The molecule has 104 valence electrons. The third-order valence-electron chi connectivity index (χ3n) is 4.64. The second-order valence-corrected chi connectivity index (χ2v) is 6.33. The van der Waals surface area contributed by atoms with Gasteiger partial charge in [0.1, 0.15) is 5.84 Å². The number of nitrogens with zero attached hydrogens (tertiary/aromatic N) is 3. The van der Waals surface area contributed by atoms with Crippen LogP contribution >= 0.6 is 0 Å². The fourth-order valence-electron chi connectivity index (χ4n) is 3.10. The van der Waals surface area contributed by atoms with E-state index in [0.29, 0.717) is 17.9 Å². The van der Waals surface area contributed by atoms with Crippen molar-refractivity contribution in [3.05, 3.63) is 0 Å². The van der Waals surface area contributed by atoms with Gasteiger partial charge in [0.05, 0.1) is 0 Å². The van der Waals surface area contributed by atoms with Gasteiger partial charge in [0, 0.05) is 38.1 Å². The summed E-state index contributed by atoms with van der Waals surface area (Å²) in [5, 5.41) is 11.8. The molecule has 0 aromatic heterocycles. The first kappa shape index (κ1) is 13.6. The minimum Gasteiger partial charge on any atom is -0.409 e. The molecule has 0 spiro atoms. The smallest absolute Gasteiger partial charge is 0.139 e. The van der Waals surface area contributed by atoms with Crippen LogP contribution < -0.4 is 5.73 Å². The van der Waals surface area contributed by atoms with Crippen molar-refractivity contribution in [2.45, 2.75) is 45.2 Å². The molecule has 2 fully saturated rings. The lowest BCUT2D eigenvalue weighted by molar-refractivity contribution is 0.0483. The Kier molecular flexibility index (Phi) is 3.82. The van der Waals surface area contributed by atoms with Crippen LogP contribution in [0.2, 0.25) is 0 Å². The molecule has 2 atom stereocenters. The highest BCUT2D eigenvalue weighted by molar-refractivity contribution is 5.80. The van der Waals surface area contributed by atoms with Crippen LogP contribution in [0, 0.1) is 5.41 Å². The standard InChI is InChI=1S/C13H26N4O/c1-10-7-17(8-11(2)16(10)3)9-13(4-5-13)6-12(14)15-18/h10-11,18H,4-9H2,1-3H3,(H2,14,15). The summed E-state index contributed by atoms with van der Waals surface area (Å²) >= 11 is 0. The third-order valence-corrected chi connectivity index (χ3v) is 4.64. The zero-order chi connectivity index (χ0) is 13.3. The fraction of sp³-hybridized carbons (Fsp3) is 0.923. The lowest BCUT2D eigenvalue weighted by Crippen LogP contribution is -2.56. The molecule has 5 heteroatoms.